The fraction of sp³-hybridized carbons (Fsp3) is 0.400. The lowest BCUT2D eigenvalue weighted by molar-refractivity contribution is -0.360. The van der Waals surface area contributed by atoms with E-state index in [1.807, 2.05) is 24.4 Å². The predicted octanol–water partition coefficient (Wildman–Crippen LogP) is 7.87. The first-order chi connectivity index (χ1) is 39.3. The van der Waals surface area contributed by atoms with Crippen LogP contribution in [-0.2, 0) is 28.1 Å². The summed E-state index contributed by atoms with van der Waals surface area (Å²) in [7, 11) is 0. The number of fused-ring (bicyclic) bond motifs is 3. The van der Waals surface area contributed by atoms with E-state index in [1.54, 1.807) is 95.6 Å². The van der Waals surface area contributed by atoms with Gasteiger partial charge >= 0.3 is 12.7 Å². The molecule has 4 aliphatic carbocycles. The zero-order chi connectivity index (χ0) is 56.3. The van der Waals surface area contributed by atoms with Crippen molar-refractivity contribution in [2.45, 2.75) is 102 Å². The number of carbonyl (C=O) groups is 4. The van der Waals surface area contributed by atoms with E-state index in [1.165, 1.54) is 35.2 Å². The Morgan fingerprint density at radius 1 is 0.778 bits per heavy atom. The maximum atomic E-state index is 16.2. The number of ether oxygens (including phenoxy) is 1. The topological polar surface area (TPSA) is 206 Å². The molecule has 2 aromatic carbocycles. The minimum atomic E-state index is -4.14. The number of aromatic nitrogens is 5. The molecular formula is C60H67BF2N10O7S. The average molecular weight is 1120 g/mol. The van der Waals surface area contributed by atoms with Crippen LogP contribution in [0, 0.1) is 17.8 Å². The lowest BCUT2D eigenvalue weighted by Crippen LogP contribution is -2.50. The Hall–Kier alpha value is -7.94. The van der Waals surface area contributed by atoms with Crippen LogP contribution in [0.15, 0.2) is 106 Å². The second-order valence-electron chi connectivity index (χ2n) is 22.3. The Labute approximate surface area is 471 Å². The zero-order valence-corrected chi connectivity index (χ0v) is 46.2. The molecule has 4 saturated carbocycles. The van der Waals surface area contributed by atoms with Gasteiger partial charge in [-0.2, -0.15) is 0 Å². The molecule has 21 heteroatoms. The van der Waals surface area contributed by atoms with Crippen molar-refractivity contribution < 1.29 is 37.0 Å². The number of halogens is 2. The van der Waals surface area contributed by atoms with Crippen molar-refractivity contribution in [1.29, 1.82) is 0 Å². The van der Waals surface area contributed by atoms with Gasteiger partial charge < -0.3 is 48.6 Å². The lowest BCUT2D eigenvalue weighted by Gasteiger charge is -2.55. The maximum absolute atomic E-state index is 16.2. The van der Waals surface area contributed by atoms with Gasteiger partial charge in [-0.15, -0.1) is 11.3 Å². The van der Waals surface area contributed by atoms with Crippen LogP contribution in [0.2, 0.25) is 0 Å². The van der Waals surface area contributed by atoms with Gasteiger partial charge in [-0.25, -0.2) is 9.78 Å². The van der Waals surface area contributed by atoms with E-state index in [4.69, 9.17) is 9.72 Å². The van der Waals surface area contributed by atoms with Gasteiger partial charge in [0, 0.05) is 91.8 Å². The Morgan fingerprint density at radius 3 is 2.15 bits per heavy atom. The molecule has 2 aliphatic heterocycles. The van der Waals surface area contributed by atoms with Crippen molar-refractivity contribution >= 4 is 77.0 Å². The summed E-state index contributed by atoms with van der Waals surface area (Å²) in [6.45, 7) is -0.656. The number of imidazole rings is 1. The van der Waals surface area contributed by atoms with Crippen LogP contribution < -0.4 is 37.3 Å². The van der Waals surface area contributed by atoms with Gasteiger partial charge in [0.1, 0.15) is 17.1 Å². The second kappa shape index (κ2) is 23.6. The summed E-state index contributed by atoms with van der Waals surface area (Å²) in [5.41, 5.74) is 3.25. The smallest absolute Gasteiger partial charge is 0.484 e. The molecule has 6 aliphatic rings. The van der Waals surface area contributed by atoms with E-state index in [0.29, 0.717) is 114 Å². The van der Waals surface area contributed by atoms with Crippen LogP contribution in [0.25, 0.3) is 29.4 Å². The lowest BCUT2D eigenvalue weighted by atomic mass is 9.49. The minimum Gasteiger partial charge on any atom is -0.484 e. The summed E-state index contributed by atoms with van der Waals surface area (Å²) >= 11 is 1.42. The third-order valence-electron chi connectivity index (χ3n) is 16.6. The fourth-order valence-electron chi connectivity index (χ4n) is 13.1. The van der Waals surface area contributed by atoms with Crippen LogP contribution >= 0.6 is 11.3 Å². The van der Waals surface area contributed by atoms with Gasteiger partial charge in [0.2, 0.25) is 5.91 Å². The highest BCUT2D eigenvalue weighted by atomic mass is 32.1. The third kappa shape index (κ3) is 11.7. The molecule has 6 heterocycles. The summed E-state index contributed by atoms with van der Waals surface area (Å²) in [5, 5.41) is 13.2. The van der Waals surface area contributed by atoms with Crippen molar-refractivity contribution in [3.05, 3.63) is 156 Å². The summed E-state index contributed by atoms with van der Waals surface area (Å²) in [5.74, 6) is 2.33. The van der Waals surface area contributed by atoms with Crippen LogP contribution in [0.1, 0.15) is 132 Å². The highest BCUT2D eigenvalue weighted by molar-refractivity contribution is 7.12. The number of unbranched alkanes of at least 4 members (excludes halogenated alkanes) is 2. The zero-order valence-electron chi connectivity index (χ0n) is 45.4. The number of hydrogen-bond acceptors (Lipinski definition) is 9. The number of benzene rings is 2. The molecule has 81 heavy (non-hydrogen) atoms. The van der Waals surface area contributed by atoms with Gasteiger partial charge in [-0.1, -0.05) is 37.6 Å². The van der Waals surface area contributed by atoms with Gasteiger partial charge in [-0.3, -0.25) is 33.1 Å². The summed E-state index contributed by atoms with van der Waals surface area (Å²) in [6, 6.07) is 20.4. The number of aromatic amines is 1. The number of nitrogens with zero attached hydrogens (tertiary/aromatic N) is 5. The molecule has 12 rings (SSSR count). The molecule has 4 bridgehead atoms. The van der Waals surface area contributed by atoms with E-state index < -0.39 is 6.97 Å². The fourth-order valence-corrected chi connectivity index (χ4v) is 13.9. The van der Waals surface area contributed by atoms with Gasteiger partial charge in [0.15, 0.2) is 23.7 Å². The number of thiophene rings is 1. The number of carbonyl (C=O) groups excluding carboxylic acids is 4. The van der Waals surface area contributed by atoms with E-state index in [9.17, 15) is 28.8 Å². The standard InChI is InChI=1S/C60H67BF2N10O7S/c1-2-28-71-57(78)53-54(69-58(68-53)60-35-40-31-41(36-60)33-42(32-40)37-60)70(59(71)79)29-7-25-66-55(76)43-13-15-44(16-14-43)56(77)67-27-26-65-51(74)9-4-3-5-24-64-52(75)38-80-48-21-11-39(12-22-48)10-17-45-18-19-46-34-47-20-23-49(50-8-6-30-81-50)73(47)61(62,63)72(45)46/h6,8,10-23,30,34,40-42H,2-5,7,9,24-29,31-33,35-38H2,1H3,(H,64,75)(H,65,74)(H,66,76)(H,67,77)(H,68,69)/b17-10+. The van der Waals surface area contributed by atoms with Crippen LogP contribution in [-0.4, -0.2) is 97.2 Å². The Kier molecular flexibility index (Phi) is 16.1. The van der Waals surface area contributed by atoms with Crippen molar-refractivity contribution in [2.75, 3.05) is 32.8 Å². The quantitative estimate of drug-likeness (QED) is 0.0297. The number of allylic oxidation sites excluding steroid dienone is 2. The first kappa shape index (κ1) is 55.0. The number of rotatable bonds is 24. The molecule has 4 amide bonds. The molecular weight excluding hydrogens is 1050 g/mol. The van der Waals surface area contributed by atoms with E-state index in [-0.39, 0.29) is 73.1 Å². The van der Waals surface area contributed by atoms with Crippen LogP contribution in [0.3, 0.4) is 0 Å². The van der Waals surface area contributed by atoms with Crippen molar-refractivity contribution in [1.82, 2.24) is 44.8 Å². The van der Waals surface area contributed by atoms with Crippen molar-refractivity contribution in [2.24, 2.45) is 17.8 Å². The molecule has 0 spiro atoms. The average Bonchev–Trinajstić information content (AvgIpc) is 4.06. The Balaban J connectivity index is 0.546. The van der Waals surface area contributed by atoms with Gasteiger partial charge in [-0.05, 0) is 154 Å². The molecule has 17 nitrogen and oxygen atoms in total. The van der Waals surface area contributed by atoms with Gasteiger partial charge in [0.05, 0.1) is 4.88 Å². The van der Waals surface area contributed by atoms with Crippen molar-refractivity contribution in [3.63, 3.8) is 0 Å². The Bertz CT molecular complexity index is 3580. The SMILES string of the molecule is CCCn1c(=O)c2[nH]c(C34CC5CC(CC(C5)C3)C4)nc2n(CCCNC(=O)c2ccc(C(=O)NCCNC(=O)CCCCCNC(=O)COc3ccc(/C=C/c4ccc5n4[B-](F)(F)[N+]4=C(c6cccs6)C=CC4=C5)cc3)cc2)c1=O. The van der Waals surface area contributed by atoms with Gasteiger partial charge in [0.25, 0.3) is 23.3 Å². The molecule has 0 saturated heterocycles. The number of amides is 4. The van der Waals surface area contributed by atoms with E-state index in [0.717, 1.165) is 50.9 Å². The Morgan fingerprint density at radius 2 is 1.46 bits per heavy atom. The molecule has 5 N–H and O–H groups in total. The first-order valence-electron chi connectivity index (χ1n) is 28.4. The van der Waals surface area contributed by atoms with Crippen LogP contribution in [0.4, 0.5) is 8.63 Å². The second-order valence-corrected chi connectivity index (χ2v) is 23.2. The number of hydrogen-bond donors (Lipinski definition) is 5. The normalized spacial score (nSPS) is 20.1. The molecule has 6 aromatic rings. The first-order valence-corrected chi connectivity index (χ1v) is 29.3. The predicted molar refractivity (Wildman–Crippen MR) is 309 cm³/mol. The largest absolute Gasteiger partial charge is 0.737 e. The highest BCUT2D eigenvalue weighted by Crippen LogP contribution is 2.60. The number of aryl methyl sites for hydroxylation is 1. The third-order valence-corrected chi connectivity index (χ3v) is 17.4. The monoisotopic (exact) mass is 1120 g/mol. The summed E-state index contributed by atoms with van der Waals surface area (Å²) < 4.78 is 43.1. The molecule has 422 valence electrons. The molecule has 0 unspecified atom stereocenters. The number of H-pyrrole nitrogens is 1. The number of nitrogens with one attached hydrogen (secondary N) is 5. The minimum absolute atomic E-state index is 0.0679. The van der Waals surface area contributed by atoms with Crippen LogP contribution in [0.5, 0.6) is 5.75 Å². The van der Waals surface area contributed by atoms with E-state index in [2.05, 4.69) is 26.3 Å². The molecule has 0 radical (unpaired) electrons. The molecule has 4 fully saturated rings. The molecule has 0 atom stereocenters. The van der Waals surface area contributed by atoms with Crippen molar-refractivity contribution in [3.8, 4) is 5.75 Å². The summed E-state index contributed by atoms with van der Waals surface area (Å²) in [4.78, 5) is 87.4. The highest BCUT2D eigenvalue weighted by Gasteiger charge is 2.54. The summed E-state index contributed by atoms with van der Waals surface area (Å²) in [6.07, 6.45) is 19.1. The maximum Gasteiger partial charge on any atom is 0.737 e. The van der Waals surface area contributed by atoms with E-state index >= 15 is 8.63 Å². The molecule has 4 aromatic heterocycles.